The van der Waals surface area contributed by atoms with Crippen molar-refractivity contribution in [2.24, 2.45) is 0 Å². The van der Waals surface area contributed by atoms with Gasteiger partial charge in [0.2, 0.25) is 0 Å². The summed E-state index contributed by atoms with van der Waals surface area (Å²) in [5, 5.41) is 0. The minimum Gasteiger partial charge on any atom is -0.426 e. The Morgan fingerprint density at radius 1 is 1.58 bits per heavy atom. The van der Waals surface area contributed by atoms with Gasteiger partial charge in [-0.2, -0.15) is 0 Å². The molecule has 0 rings (SSSR count). The maximum absolute atomic E-state index is 10.6. The molecule has 0 aromatic heterocycles. The fourth-order valence-electron chi connectivity index (χ4n) is 0.416. The predicted octanol–water partition coefficient (Wildman–Crippen LogP) is 1.28. The average molecular weight is 170 g/mol. The van der Waals surface area contributed by atoms with Crippen molar-refractivity contribution in [2.45, 2.75) is 6.92 Å². The Bertz CT molecular complexity index is 195. The molecule has 0 aliphatic rings. The molecule has 68 valence electrons. The minimum atomic E-state index is -0.428. The molecule has 0 atom stereocenters. The van der Waals surface area contributed by atoms with E-state index in [9.17, 15) is 4.79 Å². The average Bonchev–Trinajstić information content (AvgIpc) is 2.04. The Labute approximate surface area is 73.5 Å². The molecule has 0 aromatic rings. The van der Waals surface area contributed by atoms with Crippen LogP contribution in [0.1, 0.15) is 6.92 Å². The monoisotopic (exact) mass is 170 g/mol. The van der Waals surface area contributed by atoms with Crippen molar-refractivity contribution < 1.29 is 14.0 Å². The van der Waals surface area contributed by atoms with E-state index in [0.29, 0.717) is 4.48 Å². The molecule has 0 spiro atoms. The van der Waals surface area contributed by atoms with Gasteiger partial charge < -0.3 is 4.74 Å². The lowest BCUT2D eigenvalue weighted by Crippen LogP contribution is -2.32. The molecule has 0 saturated heterocycles. The van der Waals surface area contributed by atoms with Gasteiger partial charge in [-0.25, -0.2) is 4.79 Å². The molecule has 0 radical (unpaired) electrons. The predicted molar refractivity (Wildman–Crippen MR) is 48.1 cm³/mol. The van der Waals surface area contributed by atoms with E-state index >= 15 is 0 Å². The van der Waals surface area contributed by atoms with Crippen LogP contribution in [0.3, 0.4) is 0 Å². The van der Waals surface area contributed by atoms with Crippen LogP contribution in [0.2, 0.25) is 0 Å². The van der Waals surface area contributed by atoms with E-state index in [4.69, 9.17) is 0 Å². The lowest BCUT2D eigenvalue weighted by molar-refractivity contribution is -0.837. The minimum absolute atomic E-state index is 0.428. The smallest absolute Gasteiger partial charge is 0.335 e. The largest absolute Gasteiger partial charge is 0.426 e. The standard InChI is InChI=1S/C9H16NO2/c1-5-9(11)12-8-7-10(3,4)6-2/h5,7-8H,1,6H2,2-4H3/q+1. The van der Waals surface area contributed by atoms with Gasteiger partial charge in [0.1, 0.15) is 12.5 Å². The van der Waals surface area contributed by atoms with Crippen molar-refractivity contribution in [3.8, 4) is 0 Å². The zero-order valence-corrected chi connectivity index (χ0v) is 7.91. The molecular formula is C9H16NO2+. The highest BCUT2D eigenvalue weighted by Gasteiger charge is 2.06. The van der Waals surface area contributed by atoms with Crippen LogP contribution in [0.15, 0.2) is 25.1 Å². The molecule has 3 heteroatoms. The summed E-state index contributed by atoms with van der Waals surface area (Å²) < 4.78 is 5.36. The summed E-state index contributed by atoms with van der Waals surface area (Å²) in [5.74, 6) is -0.428. The number of carbonyl (C=O) groups excluding carboxylic acids is 1. The number of nitrogens with zero attached hydrogens (tertiary/aromatic N) is 1. The van der Waals surface area contributed by atoms with Gasteiger partial charge >= 0.3 is 5.97 Å². The van der Waals surface area contributed by atoms with Crippen LogP contribution < -0.4 is 0 Å². The molecule has 3 nitrogen and oxygen atoms in total. The van der Waals surface area contributed by atoms with Gasteiger partial charge in [-0.05, 0) is 6.92 Å². The molecule has 0 fully saturated rings. The Kier molecular flexibility index (Phi) is 4.29. The molecule has 0 aliphatic carbocycles. The molecule has 0 aromatic carbocycles. The number of hydrogen-bond acceptors (Lipinski definition) is 2. The summed E-state index contributed by atoms with van der Waals surface area (Å²) in [5.41, 5.74) is 0. The maximum atomic E-state index is 10.6. The first-order valence-corrected chi connectivity index (χ1v) is 3.85. The second-order valence-corrected chi connectivity index (χ2v) is 3.02. The van der Waals surface area contributed by atoms with E-state index in [2.05, 4.69) is 18.2 Å². The maximum Gasteiger partial charge on any atom is 0.335 e. The fraction of sp³-hybridized carbons (Fsp3) is 0.444. The highest BCUT2D eigenvalue weighted by atomic mass is 16.5. The summed E-state index contributed by atoms with van der Waals surface area (Å²) in [6, 6.07) is 0. The zero-order valence-electron chi connectivity index (χ0n) is 7.91. The normalized spacial score (nSPS) is 11.6. The fourth-order valence-corrected chi connectivity index (χ4v) is 0.416. The van der Waals surface area contributed by atoms with E-state index in [0.717, 1.165) is 12.6 Å². The molecule has 12 heavy (non-hydrogen) atoms. The SMILES string of the molecule is C=CC(=O)OC=C[N+](C)(C)CC. The van der Waals surface area contributed by atoms with Gasteiger partial charge in [0.15, 0.2) is 0 Å². The molecule has 0 amide bonds. The molecule has 0 aliphatic heterocycles. The third kappa shape index (κ3) is 4.68. The number of carbonyl (C=O) groups is 1. The summed E-state index contributed by atoms with van der Waals surface area (Å²) >= 11 is 0. The number of hydrogen-bond donors (Lipinski definition) is 0. The molecule has 0 heterocycles. The number of esters is 1. The van der Waals surface area contributed by atoms with E-state index in [1.54, 1.807) is 6.20 Å². The molecule has 0 saturated carbocycles. The van der Waals surface area contributed by atoms with Crippen LogP contribution in [0.5, 0.6) is 0 Å². The molecule has 0 bridgehead atoms. The summed E-state index contributed by atoms with van der Waals surface area (Å²) in [7, 11) is 4.02. The Hall–Kier alpha value is -1.09. The first-order valence-electron chi connectivity index (χ1n) is 3.85. The Morgan fingerprint density at radius 2 is 2.17 bits per heavy atom. The van der Waals surface area contributed by atoms with Crippen LogP contribution in [-0.2, 0) is 9.53 Å². The lowest BCUT2D eigenvalue weighted by atomic mass is 10.5. The van der Waals surface area contributed by atoms with Crippen LogP contribution in [0, 0.1) is 0 Å². The molecule has 0 unspecified atom stereocenters. The van der Waals surface area contributed by atoms with E-state index < -0.39 is 5.97 Å². The highest BCUT2D eigenvalue weighted by molar-refractivity contribution is 5.81. The van der Waals surface area contributed by atoms with E-state index in [1.807, 2.05) is 14.1 Å². The van der Waals surface area contributed by atoms with E-state index in [-0.39, 0.29) is 0 Å². The number of rotatable bonds is 4. The van der Waals surface area contributed by atoms with Gasteiger partial charge in [0, 0.05) is 6.08 Å². The van der Waals surface area contributed by atoms with Crippen LogP contribution in [0.4, 0.5) is 0 Å². The summed E-state index contributed by atoms with van der Waals surface area (Å²) in [6.45, 7) is 6.28. The number of ether oxygens (including phenoxy) is 1. The van der Waals surface area contributed by atoms with Crippen LogP contribution in [-0.4, -0.2) is 31.1 Å². The molecule has 0 N–H and O–H groups in total. The van der Waals surface area contributed by atoms with Crippen molar-refractivity contribution in [2.75, 3.05) is 20.6 Å². The van der Waals surface area contributed by atoms with Crippen molar-refractivity contribution in [1.82, 2.24) is 0 Å². The van der Waals surface area contributed by atoms with Gasteiger partial charge in [-0.15, -0.1) is 0 Å². The van der Waals surface area contributed by atoms with Crippen molar-refractivity contribution in [1.29, 1.82) is 0 Å². The zero-order chi connectivity index (χ0) is 9.61. The highest BCUT2D eigenvalue weighted by Crippen LogP contribution is 1.97. The van der Waals surface area contributed by atoms with Gasteiger partial charge in [0.25, 0.3) is 0 Å². The summed E-state index contributed by atoms with van der Waals surface area (Å²) in [4.78, 5) is 10.6. The Balaban J connectivity index is 3.91. The Morgan fingerprint density at radius 3 is 2.58 bits per heavy atom. The van der Waals surface area contributed by atoms with Crippen molar-refractivity contribution >= 4 is 5.97 Å². The van der Waals surface area contributed by atoms with Crippen molar-refractivity contribution in [3.63, 3.8) is 0 Å². The van der Waals surface area contributed by atoms with Gasteiger partial charge in [-0.1, -0.05) is 6.58 Å². The quantitative estimate of drug-likeness (QED) is 0.275. The van der Waals surface area contributed by atoms with Gasteiger partial charge in [0.05, 0.1) is 20.6 Å². The van der Waals surface area contributed by atoms with E-state index in [1.165, 1.54) is 6.26 Å². The third-order valence-electron chi connectivity index (χ3n) is 1.63. The van der Waals surface area contributed by atoms with Crippen LogP contribution >= 0.6 is 0 Å². The topological polar surface area (TPSA) is 26.3 Å². The van der Waals surface area contributed by atoms with Crippen LogP contribution in [0.25, 0.3) is 0 Å². The summed E-state index contributed by atoms with van der Waals surface area (Å²) in [6.07, 6.45) is 4.34. The van der Waals surface area contributed by atoms with Gasteiger partial charge in [-0.3, -0.25) is 4.48 Å². The number of quaternary nitrogens is 1. The lowest BCUT2D eigenvalue weighted by Gasteiger charge is -2.21. The second-order valence-electron chi connectivity index (χ2n) is 3.02. The third-order valence-corrected chi connectivity index (χ3v) is 1.63. The molecular weight excluding hydrogens is 154 g/mol. The first kappa shape index (κ1) is 10.9. The first-order chi connectivity index (χ1) is 5.52. The second kappa shape index (κ2) is 4.72. The van der Waals surface area contributed by atoms with Crippen molar-refractivity contribution in [3.05, 3.63) is 25.1 Å².